The molecule has 3 heterocycles. The molecule has 0 fully saturated rings. The number of carbonyl (C=O) groups is 2. The number of pyridine rings is 1. The highest BCUT2D eigenvalue weighted by Crippen LogP contribution is 2.34. The zero-order valence-corrected chi connectivity index (χ0v) is 21.8. The number of hydrogen-bond donors (Lipinski definition) is 1. The van der Waals surface area contributed by atoms with Crippen LogP contribution in [0.25, 0.3) is 33.5 Å². The first kappa shape index (κ1) is 25.8. The van der Waals surface area contributed by atoms with Crippen LogP contribution in [-0.2, 0) is 23.1 Å². The van der Waals surface area contributed by atoms with Gasteiger partial charge in [0.2, 0.25) is 0 Å². The molecule has 2 aromatic carbocycles. The molecule has 39 heavy (non-hydrogen) atoms. The van der Waals surface area contributed by atoms with Gasteiger partial charge < -0.3 is 15.2 Å². The molecule has 0 bridgehead atoms. The summed E-state index contributed by atoms with van der Waals surface area (Å²) in [6.07, 6.45) is 3.43. The van der Waals surface area contributed by atoms with Crippen molar-refractivity contribution < 1.29 is 19.1 Å². The second kappa shape index (κ2) is 10.9. The number of nitrogen functional groups attached to an aromatic ring is 1. The third-order valence-corrected chi connectivity index (χ3v) is 6.13. The van der Waals surface area contributed by atoms with Crippen LogP contribution in [0.5, 0.6) is 0 Å². The van der Waals surface area contributed by atoms with Crippen molar-refractivity contribution in [2.45, 2.75) is 13.5 Å². The molecule has 0 aliphatic heterocycles. The number of halogens is 1. The summed E-state index contributed by atoms with van der Waals surface area (Å²) >= 11 is 6.54. The van der Waals surface area contributed by atoms with Crippen LogP contribution < -0.4 is 5.73 Å². The van der Waals surface area contributed by atoms with E-state index >= 15 is 0 Å². The van der Waals surface area contributed by atoms with Gasteiger partial charge in [0.05, 0.1) is 28.4 Å². The van der Waals surface area contributed by atoms with Crippen molar-refractivity contribution in [2.24, 2.45) is 7.05 Å². The molecule has 0 atom stereocenters. The Balaban J connectivity index is 1.49. The lowest BCUT2D eigenvalue weighted by molar-refractivity contribution is 0.0464. The molecule has 0 aliphatic rings. The van der Waals surface area contributed by atoms with E-state index in [2.05, 4.69) is 20.1 Å². The van der Waals surface area contributed by atoms with E-state index in [-0.39, 0.29) is 24.7 Å². The van der Waals surface area contributed by atoms with Gasteiger partial charge in [-0.1, -0.05) is 29.8 Å². The van der Waals surface area contributed by atoms with E-state index in [0.717, 1.165) is 5.39 Å². The number of fused-ring (bicyclic) bond motifs is 1. The highest BCUT2D eigenvalue weighted by atomic mass is 35.5. The zero-order chi connectivity index (χ0) is 27.5. The number of aromatic nitrogens is 5. The standard InChI is InChI=1S/C28H23ClN6O4/c1-3-38-27(36)17-8-6-16(7-9-17)15-39-28(37)25-26(30)33-24(21-10-12-35(2)34-21)23(32-25)19-13-18-5-4-11-31-22(18)20(29)14-19/h4-14H,3,15H2,1-2H3,(H2,30,33). The Bertz CT molecular complexity index is 1700. The lowest BCUT2D eigenvalue weighted by Crippen LogP contribution is -2.14. The first-order chi connectivity index (χ1) is 18.8. The van der Waals surface area contributed by atoms with Gasteiger partial charge in [0.1, 0.15) is 18.0 Å². The highest BCUT2D eigenvalue weighted by molar-refractivity contribution is 6.35. The quantitative estimate of drug-likeness (QED) is 0.286. The van der Waals surface area contributed by atoms with Gasteiger partial charge in [0, 0.05) is 30.4 Å². The number of nitrogens with two attached hydrogens (primary N) is 1. The maximum Gasteiger partial charge on any atom is 0.361 e. The number of nitrogens with zero attached hydrogens (tertiary/aromatic N) is 5. The topological polar surface area (TPSA) is 135 Å². The summed E-state index contributed by atoms with van der Waals surface area (Å²) in [5, 5.41) is 5.65. The highest BCUT2D eigenvalue weighted by Gasteiger charge is 2.23. The summed E-state index contributed by atoms with van der Waals surface area (Å²) in [4.78, 5) is 38.4. The second-order valence-corrected chi connectivity index (χ2v) is 8.96. The number of benzene rings is 2. The van der Waals surface area contributed by atoms with Gasteiger partial charge in [0.15, 0.2) is 11.5 Å². The molecule has 11 heteroatoms. The zero-order valence-electron chi connectivity index (χ0n) is 21.1. The predicted octanol–water partition coefficient (Wildman–Crippen LogP) is 4.86. The number of aryl methyl sites for hydroxylation is 1. The van der Waals surface area contributed by atoms with Crippen molar-refractivity contribution >= 4 is 40.3 Å². The van der Waals surface area contributed by atoms with E-state index in [9.17, 15) is 9.59 Å². The minimum Gasteiger partial charge on any atom is -0.462 e. The Labute approximate surface area is 228 Å². The Morgan fingerprint density at radius 2 is 1.79 bits per heavy atom. The smallest absolute Gasteiger partial charge is 0.361 e. The molecule has 0 amide bonds. The lowest BCUT2D eigenvalue weighted by Gasteiger charge is -2.13. The molecule has 0 saturated carbocycles. The van der Waals surface area contributed by atoms with Crippen LogP contribution in [0.3, 0.4) is 0 Å². The van der Waals surface area contributed by atoms with Gasteiger partial charge in [-0.2, -0.15) is 5.10 Å². The van der Waals surface area contributed by atoms with Gasteiger partial charge in [-0.25, -0.2) is 19.6 Å². The maximum absolute atomic E-state index is 13.1. The fourth-order valence-electron chi connectivity index (χ4n) is 3.97. The van der Waals surface area contributed by atoms with Gasteiger partial charge in [0.25, 0.3) is 0 Å². The van der Waals surface area contributed by atoms with Crippen LogP contribution in [0, 0.1) is 0 Å². The molecular formula is C28H23ClN6O4. The molecule has 196 valence electrons. The summed E-state index contributed by atoms with van der Waals surface area (Å²) in [7, 11) is 1.78. The molecular weight excluding hydrogens is 520 g/mol. The average Bonchev–Trinajstić information content (AvgIpc) is 3.38. The number of ether oxygens (including phenoxy) is 2. The normalized spacial score (nSPS) is 10.9. The number of rotatable bonds is 7. The Morgan fingerprint density at radius 1 is 1.00 bits per heavy atom. The molecule has 0 unspecified atom stereocenters. The maximum atomic E-state index is 13.1. The summed E-state index contributed by atoms with van der Waals surface area (Å²) in [6, 6.07) is 15.6. The minimum absolute atomic E-state index is 0.0617. The van der Waals surface area contributed by atoms with Crippen molar-refractivity contribution in [2.75, 3.05) is 12.3 Å². The number of esters is 2. The van der Waals surface area contributed by atoms with Crippen LogP contribution in [0.15, 0.2) is 67.0 Å². The summed E-state index contributed by atoms with van der Waals surface area (Å²) in [5.74, 6) is -1.28. The summed E-state index contributed by atoms with van der Waals surface area (Å²) in [6.45, 7) is 1.96. The number of carbonyl (C=O) groups excluding carboxylic acids is 2. The fourth-order valence-corrected chi connectivity index (χ4v) is 4.25. The summed E-state index contributed by atoms with van der Waals surface area (Å²) < 4.78 is 12.1. The summed E-state index contributed by atoms with van der Waals surface area (Å²) in [5.41, 5.74) is 9.64. The molecule has 3 aromatic heterocycles. The molecule has 5 aromatic rings. The molecule has 0 radical (unpaired) electrons. The third-order valence-electron chi connectivity index (χ3n) is 5.84. The lowest BCUT2D eigenvalue weighted by atomic mass is 10.0. The van der Waals surface area contributed by atoms with E-state index in [4.69, 9.17) is 26.8 Å². The Kier molecular flexibility index (Phi) is 7.20. The van der Waals surface area contributed by atoms with Crippen LogP contribution in [0.2, 0.25) is 5.02 Å². The molecule has 0 aliphatic carbocycles. The number of anilines is 1. The molecule has 10 nitrogen and oxygen atoms in total. The van der Waals surface area contributed by atoms with Crippen LogP contribution >= 0.6 is 11.6 Å². The monoisotopic (exact) mass is 542 g/mol. The van der Waals surface area contributed by atoms with Gasteiger partial charge in [-0.05, 0) is 48.9 Å². The third kappa shape index (κ3) is 5.41. The number of hydrogen-bond acceptors (Lipinski definition) is 9. The van der Waals surface area contributed by atoms with Crippen molar-refractivity contribution in [3.05, 3.63) is 88.8 Å². The SMILES string of the molecule is CCOC(=O)c1ccc(COC(=O)c2nc(-c3cc(Cl)c4ncccc4c3)c(-c3ccn(C)n3)nc2N)cc1. The van der Waals surface area contributed by atoms with Crippen molar-refractivity contribution in [1.82, 2.24) is 24.7 Å². The average molecular weight is 543 g/mol. The van der Waals surface area contributed by atoms with E-state index in [1.807, 2.05) is 12.1 Å². The Morgan fingerprint density at radius 3 is 2.51 bits per heavy atom. The van der Waals surface area contributed by atoms with Gasteiger partial charge in [-0.3, -0.25) is 9.67 Å². The first-order valence-corrected chi connectivity index (χ1v) is 12.4. The molecule has 5 rings (SSSR count). The van der Waals surface area contributed by atoms with Crippen molar-refractivity contribution in [3.63, 3.8) is 0 Å². The molecule has 0 saturated heterocycles. The molecule has 2 N–H and O–H groups in total. The first-order valence-electron chi connectivity index (χ1n) is 12.0. The van der Waals surface area contributed by atoms with E-state index in [1.54, 1.807) is 73.5 Å². The van der Waals surface area contributed by atoms with E-state index < -0.39 is 11.9 Å². The largest absolute Gasteiger partial charge is 0.462 e. The predicted molar refractivity (Wildman–Crippen MR) is 146 cm³/mol. The fraction of sp³-hybridized carbons (Fsp3) is 0.143. The van der Waals surface area contributed by atoms with Crippen molar-refractivity contribution in [1.29, 1.82) is 0 Å². The molecule has 0 spiro atoms. The van der Waals surface area contributed by atoms with E-state index in [1.165, 1.54) is 0 Å². The van der Waals surface area contributed by atoms with Crippen molar-refractivity contribution in [3.8, 4) is 22.6 Å². The second-order valence-electron chi connectivity index (χ2n) is 8.56. The van der Waals surface area contributed by atoms with Gasteiger partial charge >= 0.3 is 11.9 Å². The minimum atomic E-state index is -0.753. The Hall–Kier alpha value is -4.83. The van der Waals surface area contributed by atoms with Crippen LogP contribution in [0.4, 0.5) is 5.82 Å². The van der Waals surface area contributed by atoms with Crippen LogP contribution in [0.1, 0.15) is 33.3 Å². The van der Waals surface area contributed by atoms with E-state index in [0.29, 0.717) is 44.3 Å². The van der Waals surface area contributed by atoms with Crippen LogP contribution in [-0.4, -0.2) is 43.3 Å². The van der Waals surface area contributed by atoms with Gasteiger partial charge in [-0.15, -0.1) is 0 Å².